The number of ether oxygens (including phenoxy) is 1. The second-order valence-corrected chi connectivity index (χ2v) is 8.14. The summed E-state index contributed by atoms with van der Waals surface area (Å²) in [6, 6.07) is 7.28. The van der Waals surface area contributed by atoms with Crippen LogP contribution in [0.1, 0.15) is 22.6 Å². The Morgan fingerprint density at radius 2 is 1.78 bits per heavy atom. The van der Waals surface area contributed by atoms with Crippen molar-refractivity contribution in [2.75, 3.05) is 19.6 Å². The Bertz CT molecular complexity index is 626. The molecule has 0 spiro atoms. The van der Waals surface area contributed by atoms with E-state index >= 15 is 0 Å². The van der Waals surface area contributed by atoms with Crippen molar-refractivity contribution < 1.29 is 14.6 Å². The highest BCUT2D eigenvalue weighted by atomic mass is 32.1. The van der Waals surface area contributed by atoms with E-state index < -0.39 is 11.6 Å². The van der Waals surface area contributed by atoms with Crippen LogP contribution in [-0.2, 0) is 15.1 Å². The topological polar surface area (TPSA) is 49.8 Å². The highest BCUT2D eigenvalue weighted by Crippen LogP contribution is 2.38. The van der Waals surface area contributed by atoms with Crippen LogP contribution in [0.3, 0.4) is 0 Å². The molecular weight excluding hydrogens is 330 g/mol. The van der Waals surface area contributed by atoms with Crippen LogP contribution in [0.4, 0.5) is 0 Å². The minimum Gasteiger partial charge on any atom is -0.458 e. The van der Waals surface area contributed by atoms with Crippen molar-refractivity contribution in [2.24, 2.45) is 5.92 Å². The van der Waals surface area contributed by atoms with Crippen LogP contribution in [0.25, 0.3) is 0 Å². The SMILES string of the molecule is O=C(O[C@H]1C[N@]2CC[C@H]1CC2)C(O)(c1cccs1)c1cccs1. The maximum Gasteiger partial charge on any atom is 0.349 e. The fraction of sp³-hybridized carbons (Fsp3) is 0.471. The number of hydrogen-bond acceptors (Lipinski definition) is 6. The van der Waals surface area contributed by atoms with Crippen LogP contribution < -0.4 is 0 Å². The predicted molar refractivity (Wildman–Crippen MR) is 90.7 cm³/mol. The summed E-state index contributed by atoms with van der Waals surface area (Å²) in [7, 11) is 0. The van der Waals surface area contributed by atoms with Gasteiger partial charge in [-0.05, 0) is 54.7 Å². The fourth-order valence-electron chi connectivity index (χ4n) is 3.56. The number of esters is 1. The molecule has 0 aliphatic carbocycles. The molecule has 0 amide bonds. The highest BCUT2D eigenvalue weighted by molar-refractivity contribution is 7.12. The Balaban J connectivity index is 1.61. The van der Waals surface area contributed by atoms with Gasteiger partial charge in [-0.3, -0.25) is 4.90 Å². The summed E-state index contributed by atoms with van der Waals surface area (Å²) in [6.07, 6.45) is 2.06. The monoisotopic (exact) mass is 349 g/mol. The van der Waals surface area contributed by atoms with E-state index in [1.165, 1.54) is 22.7 Å². The lowest BCUT2D eigenvalue weighted by Crippen LogP contribution is -2.53. The molecule has 122 valence electrons. The summed E-state index contributed by atoms with van der Waals surface area (Å²) >= 11 is 2.76. The smallest absolute Gasteiger partial charge is 0.349 e. The lowest BCUT2D eigenvalue weighted by molar-refractivity contribution is -0.176. The summed E-state index contributed by atoms with van der Waals surface area (Å²) < 4.78 is 5.82. The van der Waals surface area contributed by atoms with E-state index in [1.54, 1.807) is 12.1 Å². The molecule has 0 radical (unpaired) electrons. The van der Waals surface area contributed by atoms with Crippen LogP contribution in [0.2, 0.25) is 0 Å². The molecule has 1 atom stereocenters. The van der Waals surface area contributed by atoms with Crippen LogP contribution in [-0.4, -0.2) is 41.7 Å². The third kappa shape index (κ3) is 2.63. The Morgan fingerprint density at radius 3 is 2.22 bits per heavy atom. The molecule has 2 aromatic heterocycles. The molecule has 1 N–H and O–H groups in total. The molecular formula is C17H19NO3S2. The van der Waals surface area contributed by atoms with Crippen molar-refractivity contribution >= 4 is 28.6 Å². The zero-order chi connectivity index (χ0) is 15.9. The van der Waals surface area contributed by atoms with Gasteiger partial charge in [-0.15, -0.1) is 22.7 Å². The van der Waals surface area contributed by atoms with Gasteiger partial charge in [-0.1, -0.05) is 12.1 Å². The molecule has 0 unspecified atom stereocenters. The number of carbonyl (C=O) groups is 1. The van der Waals surface area contributed by atoms with Crippen molar-refractivity contribution in [3.8, 4) is 0 Å². The zero-order valence-corrected chi connectivity index (χ0v) is 14.3. The number of piperidine rings is 3. The first-order valence-corrected chi connectivity index (χ1v) is 9.67. The number of carbonyl (C=O) groups excluding carboxylic acids is 1. The standard InChI is InChI=1S/C17H19NO3S2/c19-16(21-13-11-18-7-5-12(13)6-8-18)17(20,14-3-1-9-22-14)15-4-2-10-23-15/h1-4,9-10,12-13,20H,5-8,11H2/t13-/m0/s1. The van der Waals surface area contributed by atoms with Gasteiger partial charge >= 0.3 is 5.97 Å². The minimum atomic E-state index is -1.69. The second-order valence-electron chi connectivity index (χ2n) is 6.25. The molecule has 2 bridgehead atoms. The van der Waals surface area contributed by atoms with Crippen LogP contribution in [0, 0.1) is 5.92 Å². The van der Waals surface area contributed by atoms with Gasteiger partial charge in [0.15, 0.2) is 0 Å². The first-order chi connectivity index (χ1) is 11.2. The van der Waals surface area contributed by atoms with Gasteiger partial charge in [0.25, 0.3) is 0 Å². The van der Waals surface area contributed by atoms with E-state index in [1.807, 2.05) is 22.9 Å². The first-order valence-electron chi connectivity index (χ1n) is 7.91. The zero-order valence-electron chi connectivity index (χ0n) is 12.7. The normalized spacial score (nSPS) is 27.1. The molecule has 3 fully saturated rings. The molecule has 0 aromatic carbocycles. The van der Waals surface area contributed by atoms with Crippen molar-refractivity contribution in [2.45, 2.75) is 24.5 Å². The fourth-order valence-corrected chi connectivity index (χ4v) is 5.27. The minimum absolute atomic E-state index is 0.101. The van der Waals surface area contributed by atoms with E-state index in [0.29, 0.717) is 15.7 Å². The predicted octanol–water partition coefficient (Wildman–Crippen LogP) is 2.68. The van der Waals surface area contributed by atoms with Gasteiger partial charge in [-0.25, -0.2) is 4.79 Å². The summed E-state index contributed by atoms with van der Waals surface area (Å²) in [5.74, 6) is -0.110. The molecule has 6 heteroatoms. The Morgan fingerprint density at radius 1 is 1.17 bits per heavy atom. The number of nitrogens with zero attached hydrogens (tertiary/aromatic N) is 1. The maximum atomic E-state index is 12.9. The molecule has 0 saturated carbocycles. The van der Waals surface area contributed by atoms with Gasteiger partial charge in [0.05, 0.1) is 9.75 Å². The molecule has 4 nitrogen and oxygen atoms in total. The van der Waals surface area contributed by atoms with E-state index in [2.05, 4.69) is 4.90 Å². The van der Waals surface area contributed by atoms with Crippen molar-refractivity contribution in [3.63, 3.8) is 0 Å². The molecule has 3 aliphatic heterocycles. The van der Waals surface area contributed by atoms with Gasteiger partial charge < -0.3 is 9.84 Å². The lowest BCUT2D eigenvalue weighted by Gasteiger charge is -2.44. The molecule has 3 saturated heterocycles. The van der Waals surface area contributed by atoms with Crippen molar-refractivity contribution in [1.29, 1.82) is 0 Å². The number of aliphatic hydroxyl groups is 1. The van der Waals surface area contributed by atoms with Crippen LogP contribution in [0.5, 0.6) is 0 Å². The van der Waals surface area contributed by atoms with Crippen LogP contribution in [0.15, 0.2) is 35.0 Å². The van der Waals surface area contributed by atoms with E-state index in [9.17, 15) is 9.90 Å². The summed E-state index contributed by atoms with van der Waals surface area (Å²) in [5.41, 5.74) is -1.69. The van der Waals surface area contributed by atoms with Gasteiger partial charge in [0.2, 0.25) is 5.60 Å². The van der Waals surface area contributed by atoms with Crippen molar-refractivity contribution in [3.05, 3.63) is 44.8 Å². The number of rotatable bonds is 4. The largest absolute Gasteiger partial charge is 0.458 e. The molecule has 2 aromatic rings. The van der Waals surface area contributed by atoms with E-state index in [-0.39, 0.29) is 6.10 Å². The summed E-state index contributed by atoms with van der Waals surface area (Å²) in [4.78, 5) is 16.5. The van der Waals surface area contributed by atoms with Crippen LogP contribution >= 0.6 is 22.7 Å². The lowest BCUT2D eigenvalue weighted by atomic mass is 9.85. The Hall–Kier alpha value is -1.21. The van der Waals surface area contributed by atoms with E-state index in [4.69, 9.17) is 4.74 Å². The molecule has 5 rings (SSSR count). The van der Waals surface area contributed by atoms with E-state index in [0.717, 1.165) is 32.5 Å². The molecule has 23 heavy (non-hydrogen) atoms. The van der Waals surface area contributed by atoms with Crippen molar-refractivity contribution in [1.82, 2.24) is 4.90 Å². The highest BCUT2D eigenvalue weighted by Gasteiger charge is 2.46. The van der Waals surface area contributed by atoms with Gasteiger partial charge in [-0.2, -0.15) is 0 Å². The Labute approximate surface area is 143 Å². The number of thiophene rings is 2. The average Bonchev–Trinajstić information content (AvgIpc) is 3.29. The number of fused-ring (bicyclic) bond motifs is 3. The number of hydrogen-bond donors (Lipinski definition) is 1. The summed E-state index contributed by atoms with van der Waals surface area (Å²) in [5, 5.41) is 15.0. The first kappa shape index (κ1) is 15.3. The maximum absolute atomic E-state index is 12.9. The quantitative estimate of drug-likeness (QED) is 0.862. The second kappa shape index (κ2) is 6.02. The average molecular weight is 349 g/mol. The Kier molecular flexibility index (Phi) is 4.01. The van der Waals surface area contributed by atoms with Gasteiger partial charge in [0.1, 0.15) is 6.10 Å². The third-order valence-electron chi connectivity index (χ3n) is 4.91. The summed E-state index contributed by atoms with van der Waals surface area (Å²) in [6.45, 7) is 2.99. The molecule has 5 heterocycles. The third-order valence-corrected chi connectivity index (χ3v) is 6.86. The molecule has 3 aliphatic rings. The van der Waals surface area contributed by atoms with Gasteiger partial charge in [0, 0.05) is 6.54 Å².